The lowest BCUT2D eigenvalue weighted by Gasteiger charge is -2.37. The molecule has 0 unspecified atom stereocenters. The molecule has 128 valence electrons. The Morgan fingerprint density at radius 1 is 0.783 bits per heavy atom. The largest absolute Gasteiger partial charge is 0.330 e. The first-order valence-electron chi connectivity index (χ1n) is 8.93. The van der Waals surface area contributed by atoms with Crippen molar-refractivity contribution in [3.05, 3.63) is 35.1 Å². The van der Waals surface area contributed by atoms with Crippen LogP contribution in [0.15, 0.2) is 12.1 Å². The van der Waals surface area contributed by atoms with E-state index < -0.39 is 17.5 Å². The smallest absolute Gasteiger partial charge is 0.194 e. The van der Waals surface area contributed by atoms with Gasteiger partial charge in [0.25, 0.3) is 0 Å². The van der Waals surface area contributed by atoms with Crippen LogP contribution < -0.4 is 5.73 Å². The first kappa shape index (κ1) is 16.8. The Hall–Kier alpha value is -1.03. The van der Waals surface area contributed by atoms with Crippen LogP contribution in [0.5, 0.6) is 0 Å². The van der Waals surface area contributed by atoms with Gasteiger partial charge in [0.05, 0.1) is 0 Å². The lowest BCUT2D eigenvalue weighted by Crippen LogP contribution is -2.27. The van der Waals surface area contributed by atoms with Crippen LogP contribution in [0.3, 0.4) is 0 Å². The summed E-state index contributed by atoms with van der Waals surface area (Å²) in [4.78, 5) is 0. The quantitative estimate of drug-likeness (QED) is 0.765. The molecule has 0 heterocycles. The average Bonchev–Trinajstić information content (AvgIpc) is 2.59. The molecule has 2 saturated carbocycles. The first-order valence-corrected chi connectivity index (χ1v) is 8.93. The summed E-state index contributed by atoms with van der Waals surface area (Å²) in [5.74, 6) is -1.10. The number of halogens is 3. The van der Waals surface area contributed by atoms with Crippen LogP contribution >= 0.6 is 0 Å². The fraction of sp³-hybridized carbons (Fsp3) is 0.684. The summed E-state index contributed by atoms with van der Waals surface area (Å²) in [6, 6.07) is 2.35. The second-order valence-electron chi connectivity index (χ2n) is 7.43. The fourth-order valence-electron chi connectivity index (χ4n) is 4.63. The topological polar surface area (TPSA) is 26.0 Å². The molecule has 0 spiro atoms. The Balaban J connectivity index is 1.56. The van der Waals surface area contributed by atoms with Gasteiger partial charge in [0.1, 0.15) is 0 Å². The molecule has 0 aliphatic heterocycles. The third kappa shape index (κ3) is 3.73. The maximum atomic E-state index is 13.4. The number of rotatable bonds is 3. The van der Waals surface area contributed by atoms with Gasteiger partial charge in [0.15, 0.2) is 17.5 Å². The van der Waals surface area contributed by atoms with Crippen molar-refractivity contribution in [1.82, 2.24) is 0 Å². The van der Waals surface area contributed by atoms with E-state index in [0.29, 0.717) is 11.5 Å². The van der Waals surface area contributed by atoms with E-state index in [2.05, 4.69) is 0 Å². The predicted octanol–water partition coefficient (Wildman–Crippen LogP) is 5.14. The molecule has 2 aliphatic carbocycles. The van der Waals surface area contributed by atoms with Crippen LogP contribution in [-0.4, -0.2) is 6.54 Å². The second kappa shape index (κ2) is 7.25. The van der Waals surface area contributed by atoms with Crippen molar-refractivity contribution < 1.29 is 13.2 Å². The summed E-state index contributed by atoms with van der Waals surface area (Å²) in [7, 11) is 0. The molecule has 0 bridgehead atoms. The molecule has 23 heavy (non-hydrogen) atoms. The van der Waals surface area contributed by atoms with Crippen LogP contribution in [0.1, 0.15) is 62.8 Å². The van der Waals surface area contributed by atoms with E-state index >= 15 is 0 Å². The molecule has 0 saturated heterocycles. The molecular formula is C19H26F3N. The summed E-state index contributed by atoms with van der Waals surface area (Å²) in [5, 5.41) is 0. The highest BCUT2D eigenvalue weighted by molar-refractivity contribution is 5.23. The minimum Gasteiger partial charge on any atom is -0.330 e. The van der Waals surface area contributed by atoms with Crippen molar-refractivity contribution in [2.45, 2.75) is 57.3 Å². The second-order valence-corrected chi connectivity index (χ2v) is 7.43. The molecule has 1 aromatic carbocycles. The number of nitrogens with two attached hydrogens (primary N) is 1. The van der Waals surface area contributed by atoms with E-state index in [1.807, 2.05) is 0 Å². The van der Waals surface area contributed by atoms with Gasteiger partial charge in [-0.25, -0.2) is 13.2 Å². The molecule has 1 aromatic rings. The van der Waals surface area contributed by atoms with Crippen molar-refractivity contribution in [3.63, 3.8) is 0 Å². The molecule has 4 heteroatoms. The SMILES string of the molecule is NCC1CCC(C2CCC(c3cc(F)c(F)c(F)c3)CC2)CC1. The van der Waals surface area contributed by atoms with E-state index in [4.69, 9.17) is 5.73 Å². The number of benzene rings is 1. The van der Waals surface area contributed by atoms with Gasteiger partial charge in [-0.15, -0.1) is 0 Å². The summed E-state index contributed by atoms with van der Waals surface area (Å²) < 4.78 is 39.9. The summed E-state index contributed by atoms with van der Waals surface area (Å²) in [6.45, 7) is 0.807. The summed E-state index contributed by atoms with van der Waals surface area (Å²) in [5.41, 5.74) is 6.37. The monoisotopic (exact) mass is 325 g/mol. The maximum absolute atomic E-state index is 13.4. The van der Waals surface area contributed by atoms with E-state index in [9.17, 15) is 13.2 Å². The van der Waals surface area contributed by atoms with Gasteiger partial charge in [-0.1, -0.05) is 0 Å². The number of hydrogen-bond acceptors (Lipinski definition) is 1. The van der Waals surface area contributed by atoms with Gasteiger partial charge >= 0.3 is 0 Å². The molecule has 3 rings (SSSR count). The van der Waals surface area contributed by atoms with Crippen molar-refractivity contribution in [3.8, 4) is 0 Å². The molecule has 2 fully saturated rings. The van der Waals surface area contributed by atoms with Gasteiger partial charge in [0.2, 0.25) is 0 Å². The molecule has 1 nitrogen and oxygen atoms in total. The molecule has 0 aromatic heterocycles. The van der Waals surface area contributed by atoms with E-state index in [-0.39, 0.29) is 5.92 Å². The normalized spacial score (nSPS) is 32.0. The Morgan fingerprint density at radius 3 is 1.74 bits per heavy atom. The van der Waals surface area contributed by atoms with Gasteiger partial charge in [-0.2, -0.15) is 0 Å². The van der Waals surface area contributed by atoms with Crippen LogP contribution in [0.25, 0.3) is 0 Å². The summed E-state index contributed by atoms with van der Waals surface area (Å²) in [6.07, 6.45) is 9.17. The summed E-state index contributed by atoms with van der Waals surface area (Å²) >= 11 is 0. The lowest BCUT2D eigenvalue weighted by molar-refractivity contribution is 0.162. The van der Waals surface area contributed by atoms with E-state index in [1.165, 1.54) is 37.8 Å². The molecular weight excluding hydrogens is 299 g/mol. The fourth-order valence-corrected chi connectivity index (χ4v) is 4.63. The Morgan fingerprint density at radius 2 is 1.26 bits per heavy atom. The Labute approximate surface area is 136 Å². The molecule has 0 atom stereocenters. The van der Waals surface area contributed by atoms with Crippen LogP contribution in [0.2, 0.25) is 0 Å². The minimum absolute atomic E-state index is 0.163. The standard InChI is InChI=1S/C19H26F3N/c20-17-9-16(10-18(21)19(17)22)15-7-5-14(6-8-15)13-3-1-12(11-23)2-4-13/h9-10,12-15H,1-8,11,23H2. The van der Waals surface area contributed by atoms with Gasteiger partial charge in [-0.05, 0) is 99.3 Å². The van der Waals surface area contributed by atoms with Gasteiger partial charge < -0.3 is 5.73 Å². The van der Waals surface area contributed by atoms with Crippen molar-refractivity contribution in [1.29, 1.82) is 0 Å². The van der Waals surface area contributed by atoms with E-state index in [1.54, 1.807) is 0 Å². The van der Waals surface area contributed by atoms with Crippen molar-refractivity contribution in [2.24, 2.45) is 23.5 Å². The molecule has 2 aliphatic rings. The van der Waals surface area contributed by atoms with Crippen molar-refractivity contribution in [2.75, 3.05) is 6.54 Å². The molecule has 0 radical (unpaired) electrons. The predicted molar refractivity (Wildman–Crippen MR) is 85.5 cm³/mol. The molecule has 2 N–H and O–H groups in total. The van der Waals surface area contributed by atoms with Gasteiger partial charge in [0, 0.05) is 0 Å². The van der Waals surface area contributed by atoms with Crippen molar-refractivity contribution >= 4 is 0 Å². The Kier molecular flexibility index (Phi) is 5.30. The van der Waals surface area contributed by atoms with E-state index in [0.717, 1.165) is 44.1 Å². The zero-order chi connectivity index (χ0) is 16.4. The van der Waals surface area contributed by atoms with Crippen LogP contribution in [0.4, 0.5) is 13.2 Å². The van der Waals surface area contributed by atoms with Crippen LogP contribution in [-0.2, 0) is 0 Å². The highest BCUT2D eigenvalue weighted by atomic mass is 19.2. The third-order valence-electron chi connectivity index (χ3n) is 6.14. The highest BCUT2D eigenvalue weighted by Gasteiger charge is 2.31. The Bertz CT molecular complexity index is 506. The maximum Gasteiger partial charge on any atom is 0.194 e. The third-order valence-corrected chi connectivity index (χ3v) is 6.14. The lowest BCUT2D eigenvalue weighted by atomic mass is 9.68. The minimum atomic E-state index is -1.36. The van der Waals surface area contributed by atoms with Gasteiger partial charge in [-0.3, -0.25) is 0 Å². The average molecular weight is 325 g/mol. The van der Waals surface area contributed by atoms with Crippen LogP contribution in [0, 0.1) is 35.2 Å². The zero-order valence-corrected chi connectivity index (χ0v) is 13.5. The zero-order valence-electron chi connectivity index (χ0n) is 13.5. The highest BCUT2D eigenvalue weighted by Crippen LogP contribution is 2.44. The first-order chi connectivity index (χ1) is 11.1. The number of hydrogen-bond donors (Lipinski definition) is 1. The molecule has 0 amide bonds.